The smallest absolute Gasteiger partial charge is 0.254 e. The number of carbonyl (C=O) groups excluding carboxylic acids is 1. The Morgan fingerprint density at radius 1 is 0.947 bits per heavy atom. The van der Waals surface area contributed by atoms with Gasteiger partial charge in [0.05, 0.1) is 5.57 Å². The fraction of sp³-hybridized carbons (Fsp3) is 0.367. The molecule has 0 aliphatic carbocycles. The lowest BCUT2D eigenvalue weighted by atomic mass is 9.89. The zero-order valence-electron chi connectivity index (χ0n) is 21.8. The van der Waals surface area contributed by atoms with Gasteiger partial charge < -0.3 is 30.2 Å². The molecule has 4 heterocycles. The van der Waals surface area contributed by atoms with Crippen LogP contribution in [0.5, 0.6) is 0 Å². The average molecular weight is 530 g/mol. The predicted molar refractivity (Wildman–Crippen MR) is 157 cm³/mol. The van der Waals surface area contributed by atoms with Crippen molar-refractivity contribution in [2.45, 2.75) is 38.8 Å². The molecule has 6 rings (SSSR count). The van der Waals surface area contributed by atoms with E-state index in [4.69, 9.17) is 10.5 Å². The van der Waals surface area contributed by atoms with Crippen LogP contribution in [0.2, 0.25) is 0 Å². The van der Waals surface area contributed by atoms with E-state index >= 15 is 0 Å². The van der Waals surface area contributed by atoms with Gasteiger partial charge in [-0.2, -0.15) is 11.8 Å². The fourth-order valence-electron chi connectivity index (χ4n) is 5.59. The summed E-state index contributed by atoms with van der Waals surface area (Å²) in [6.07, 6.45) is 5.10. The van der Waals surface area contributed by atoms with E-state index in [1.807, 2.05) is 23.9 Å². The van der Waals surface area contributed by atoms with Crippen molar-refractivity contribution in [3.8, 4) is 0 Å². The van der Waals surface area contributed by atoms with E-state index in [-0.39, 0.29) is 18.2 Å². The number of amides is 1. The molecule has 1 fully saturated rings. The second-order valence-corrected chi connectivity index (χ2v) is 11.1. The number of para-hydroxylation sites is 2. The van der Waals surface area contributed by atoms with Crippen molar-refractivity contribution in [2.24, 2.45) is 5.73 Å². The quantitative estimate of drug-likeness (QED) is 0.190. The summed E-state index contributed by atoms with van der Waals surface area (Å²) in [6, 6.07) is 16.7. The first-order valence-corrected chi connectivity index (χ1v) is 14.7. The maximum atomic E-state index is 13.6. The van der Waals surface area contributed by atoms with Crippen molar-refractivity contribution < 1.29 is 9.53 Å². The zero-order valence-corrected chi connectivity index (χ0v) is 22.6. The third kappa shape index (κ3) is 4.66. The molecule has 2 unspecified atom stereocenters. The van der Waals surface area contributed by atoms with Gasteiger partial charge in [-0.25, -0.2) is 0 Å². The largest absolute Gasteiger partial charge is 0.346 e. The number of rotatable bonds is 12. The molecule has 2 aromatic carbocycles. The second-order valence-electron chi connectivity index (χ2n) is 9.90. The second kappa shape index (κ2) is 11.0. The number of aromatic nitrogens is 2. The van der Waals surface area contributed by atoms with Crippen molar-refractivity contribution in [1.29, 1.82) is 0 Å². The van der Waals surface area contributed by atoms with Crippen molar-refractivity contribution in [3.05, 3.63) is 72.1 Å². The molecule has 38 heavy (non-hydrogen) atoms. The van der Waals surface area contributed by atoms with Gasteiger partial charge in [0.25, 0.3) is 5.91 Å². The lowest BCUT2D eigenvalue weighted by Crippen LogP contribution is -2.33. The molecule has 1 amide bonds. The van der Waals surface area contributed by atoms with Crippen molar-refractivity contribution in [3.63, 3.8) is 0 Å². The van der Waals surface area contributed by atoms with Gasteiger partial charge in [0, 0.05) is 89.4 Å². The number of nitrogens with one attached hydrogen (secondary N) is 2. The number of fused-ring (bicyclic) bond motifs is 3. The fourth-order valence-corrected chi connectivity index (χ4v) is 6.38. The monoisotopic (exact) mass is 529 g/mol. The summed E-state index contributed by atoms with van der Waals surface area (Å²) in [7, 11) is 0. The molecule has 0 bridgehead atoms. The lowest BCUT2D eigenvalue weighted by molar-refractivity contribution is -0.116. The SMILES string of the molecule is CCCSCCNCCn1cc(C2=C(c3cn(CCN)c4ccccc34)C(=O)NC3OC23)c2ccccc21. The number of benzene rings is 2. The summed E-state index contributed by atoms with van der Waals surface area (Å²) < 4.78 is 10.5. The van der Waals surface area contributed by atoms with E-state index < -0.39 is 0 Å². The number of hydrogen-bond donors (Lipinski definition) is 3. The molecule has 2 aromatic heterocycles. The van der Waals surface area contributed by atoms with E-state index in [0.717, 1.165) is 58.4 Å². The highest BCUT2D eigenvalue weighted by molar-refractivity contribution is 7.99. The molecule has 0 spiro atoms. The Bertz CT molecular complexity index is 1500. The van der Waals surface area contributed by atoms with Crippen LogP contribution >= 0.6 is 11.8 Å². The summed E-state index contributed by atoms with van der Waals surface area (Å²) in [5.74, 6) is 2.26. The summed E-state index contributed by atoms with van der Waals surface area (Å²) in [5, 5.41) is 8.84. The molecular weight excluding hydrogens is 494 g/mol. The van der Waals surface area contributed by atoms with Crippen molar-refractivity contribution in [2.75, 3.05) is 31.1 Å². The lowest BCUT2D eigenvalue weighted by Gasteiger charge is -2.17. The molecule has 2 atom stereocenters. The maximum Gasteiger partial charge on any atom is 0.254 e. The van der Waals surface area contributed by atoms with Crippen molar-refractivity contribution >= 4 is 50.6 Å². The van der Waals surface area contributed by atoms with Gasteiger partial charge in [0.1, 0.15) is 6.10 Å². The number of carbonyl (C=O) groups is 1. The highest BCUT2D eigenvalue weighted by atomic mass is 32.2. The molecule has 198 valence electrons. The normalized spacial score (nSPS) is 18.8. The summed E-state index contributed by atoms with van der Waals surface area (Å²) in [4.78, 5) is 13.6. The molecule has 1 saturated heterocycles. The van der Waals surface area contributed by atoms with Crippen LogP contribution in [-0.4, -0.2) is 58.5 Å². The van der Waals surface area contributed by atoms with Gasteiger partial charge in [-0.3, -0.25) is 4.79 Å². The van der Waals surface area contributed by atoms with Gasteiger partial charge in [-0.1, -0.05) is 43.3 Å². The average Bonchev–Trinajstić information content (AvgIpc) is 3.49. The van der Waals surface area contributed by atoms with Crippen LogP contribution in [0.25, 0.3) is 33.0 Å². The van der Waals surface area contributed by atoms with Crippen LogP contribution in [0.3, 0.4) is 0 Å². The van der Waals surface area contributed by atoms with Crippen LogP contribution in [0.4, 0.5) is 0 Å². The molecule has 2 aliphatic rings. The summed E-state index contributed by atoms with van der Waals surface area (Å²) in [6.45, 7) is 6.21. The molecule has 0 radical (unpaired) electrons. The molecule has 0 saturated carbocycles. The maximum absolute atomic E-state index is 13.6. The minimum Gasteiger partial charge on any atom is -0.346 e. The zero-order chi connectivity index (χ0) is 26.1. The predicted octanol–water partition coefficient (Wildman–Crippen LogP) is 4.05. The molecule has 4 aromatic rings. The first-order valence-electron chi connectivity index (χ1n) is 13.6. The third-order valence-electron chi connectivity index (χ3n) is 7.35. The van der Waals surface area contributed by atoms with Crippen molar-refractivity contribution in [1.82, 2.24) is 19.8 Å². The Labute approximate surface area is 227 Å². The van der Waals surface area contributed by atoms with E-state index in [1.54, 1.807) is 0 Å². The van der Waals surface area contributed by atoms with Crippen LogP contribution in [0, 0.1) is 0 Å². The van der Waals surface area contributed by atoms with E-state index in [0.29, 0.717) is 18.7 Å². The van der Waals surface area contributed by atoms with Crippen LogP contribution in [0.15, 0.2) is 60.9 Å². The van der Waals surface area contributed by atoms with Gasteiger partial charge in [0.15, 0.2) is 6.23 Å². The summed E-state index contributed by atoms with van der Waals surface area (Å²) >= 11 is 2.00. The van der Waals surface area contributed by atoms with Gasteiger partial charge in [-0.15, -0.1) is 0 Å². The van der Waals surface area contributed by atoms with Crippen LogP contribution in [-0.2, 0) is 22.6 Å². The molecule has 2 aliphatic heterocycles. The number of nitrogens with two attached hydrogens (primary N) is 1. The topological polar surface area (TPSA) is 89.5 Å². The Balaban J connectivity index is 1.41. The highest BCUT2D eigenvalue weighted by Crippen LogP contribution is 2.46. The number of nitrogens with zero attached hydrogens (tertiary/aromatic N) is 2. The molecule has 4 N–H and O–H groups in total. The highest BCUT2D eigenvalue weighted by Gasteiger charge is 2.50. The number of thioether (sulfide) groups is 1. The third-order valence-corrected chi connectivity index (χ3v) is 8.54. The van der Waals surface area contributed by atoms with Gasteiger partial charge >= 0.3 is 0 Å². The Kier molecular flexibility index (Phi) is 7.30. The van der Waals surface area contributed by atoms with Crippen LogP contribution < -0.4 is 16.4 Å². The van der Waals surface area contributed by atoms with E-state index in [1.165, 1.54) is 17.7 Å². The Hall–Kier alpha value is -3.04. The number of epoxide rings is 1. The minimum absolute atomic E-state index is 0.0857. The van der Waals surface area contributed by atoms with Gasteiger partial charge in [0.2, 0.25) is 0 Å². The molecule has 8 heteroatoms. The Morgan fingerprint density at radius 2 is 1.63 bits per heavy atom. The minimum atomic E-state index is -0.261. The first-order chi connectivity index (χ1) is 18.7. The molecular formula is C30H35N5O2S. The van der Waals surface area contributed by atoms with E-state index in [2.05, 4.69) is 75.5 Å². The first kappa shape index (κ1) is 25.2. The Morgan fingerprint density at radius 3 is 2.37 bits per heavy atom. The standard InChI is InChI=1S/C30H35N5O2S/c1-2-16-38-17-13-32-12-15-35-18-22(20-7-3-6-10-25(20)35)26-27(29(36)33-30-28(26)37-30)23-19-34(14-11-31)24-9-5-4-8-21(23)24/h3-10,18-19,28,30,32H,2,11-17,31H2,1H3,(H,33,36). The number of hydrogen-bond acceptors (Lipinski definition) is 5. The van der Waals surface area contributed by atoms with Crippen LogP contribution in [0.1, 0.15) is 24.5 Å². The summed E-state index contributed by atoms with van der Waals surface area (Å²) in [5.41, 5.74) is 11.9. The van der Waals surface area contributed by atoms with E-state index in [9.17, 15) is 4.79 Å². The molecule has 7 nitrogen and oxygen atoms in total. The van der Waals surface area contributed by atoms with Gasteiger partial charge in [-0.05, 0) is 24.3 Å². The number of ether oxygens (including phenoxy) is 1.